The van der Waals surface area contributed by atoms with Crippen molar-refractivity contribution in [1.29, 1.82) is 0 Å². The first-order chi connectivity index (χ1) is 8.75. The van der Waals surface area contributed by atoms with Gasteiger partial charge >= 0.3 is 0 Å². The average molecular weight is 277 g/mol. The van der Waals surface area contributed by atoms with E-state index in [1.54, 1.807) is 23.1 Å². The number of hydrogen-bond acceptors (Lipinski definition) is 3. The van der Waals surface area contributed by atoms with Crippen LogP contribution in [0.3, 0.4) is 0 Å². The topological polar surface area (TPSA) is 43.1 Å². The Morgan fingerprint density at radius 3 is 2.61 bits per heavy atom. The number of carbonyl (C=O) groups excluding carboxylic acids is 1. The molecule has 0 spiro atoms. The van der Waals surface area contributed by atoms with Gasteiger partial charge in [-0.25, -0.2) is 0 Å². The van der Waals surface area contributed by atoms with Crippen molar-refractivity contribution >= 4 is 29.0 Å². The third-order valence-corrected chi connectivity index (χ3v) is 4.80. The highest BCUT2D eigenvalue weighted by molar-refractivity contribution is 8.00. The van der Waals surface area contributed by atoms with Crippen LogP contribution in [-0.4, -0.2) is 11.2 Å². The zero-order chi connectivity index (χ0) is 12.8. The number of carbonyl (C=O) groups is 1. The molecule has 0 saturated carbocycles. The summed E-state index contributed by atoms with van der Waals surface area (Å²) in [4.78, 5) is 13.9. The number of nitrogens with two attached hydrogens (primary N) is 1. The van der Waals surface area contributed by atoms with Crippen LogP contribution in [0.1, 0.15) is 11.3 Å². The Morgan fingerprint density at radius 1 is 1.22 bits per heavy atom. The normalized spacial score (nSPS) is 12.2. The van der Waals surface area contributed by atoms with Crippen LogP contribution in [0.2, 0.25) is 0 Å². The minimum atomic E-state index is -0.236. The molecular weight excluding hydrogens is 262 g/mol. The molecule has 1 unspecified atom stereocenters. The summed E-state index contributed by atoms with van der Waals surface area (Å²) in [5.41, 5.74) is 5.47. The van der Waals surface area contributed by atoms with Crippen molar-refractivity contribution in [2.75, 3.05) is 0 Å². The van der Waals surface area contributed by atoms with E-state index < -0.39 is 0 Å². The molecule has 0 saturated heterocycles. The van der Waals surface area contributed by atoms with Crippen molar-refractivity contribution in [1.82, 2.24) is 0 Å². The van der Waals surface area contributed by atoms with Gasteiger partial charge in [0.05, 0.1) is 5.25 Å². The third kappa shape index (κ3) is 3.89. The molecule has 2 N–H and O–H groups in total. The van der Waals surface area contributed by atoms with Crippen LogP contribution in [0.25, 0.3) is 0 Å². The standard InChI is InChI=1S/C14H15NOS2/c15-14(16)13(9-8-11-7-4-10-17-11)18-12-5-2-1-3-6-12/h1-7,10,13H,8-9H2,(H2,15,16). The van der Waals surface area contributed by atoms with Crippen molar-refractivity contribution in [2.24, 2.45) is 5.73 Å². The molecule has 1 aromatic heterocycles. The van der Waals surface area contributed by atoms with E-state index in [-0.39, 0.29) is 11.2 Å². The molecule has 1 amide bonds. The minimum absolute atomic E-state index is 0.158. The molecule has 0 radical (unpaired) electrons. The van der Waals surface area contributed by atoms with E-state index in [4.69, 9.17) is 5.73 Å². The van der Waals surface area contributed by atoms with Gasteiger partial charge in [0.15, 0.2) is 0 Å². The Hall–Kier alpha value is -1.26. The summed E-state index contributed by atoms with van der Waals surface area (Å²) in [5, 5.41) is 1.90. The first kappa shape index (κ1) is 13.2. The summed E-state index contributed by atoms with van der Waals surface area (Å²) in [5.74, 6) is -0.236. The van der Waals surface area contributed by atoms with E-state index >= 15 is 0 Å². The Kier molecular flexibility index (Phi) is 4.84. The zero-order valence-corrected chi connectivity index (χ0v) is 11.5. The maximum Gasteiger partial charge on any atom is 0.230 e. The lowest BCUT2D eigenvalue weighted by molar-refractivity contribution is -0.117. The van der Waals surface area contributed by atoms with Crippen LogP contribution in [0.15, 0.2) is 52.7 Å². The molecule has 18 heavy (non-hydrogen) atoms. The molecule has 4 heteroatoms. The molecule has 2 rings (SSSR count). The van der Waals surface area contributed by atoms with Gasteiger partial charge in [-0.3, -0.25) is 4.79 Å². The van der Waals surface area contributed by atoms with Gasteiger partial charge in [0.1, 0.15) is 0 Å². The second-order valence-electron chi connectivity index (χ2n) is 3.94. The number of benzene rings is 1. The van der Waals surface area contributed by atoms with Gasteiger partial charge in [-0.15, -0.1) is 23.1 Å². The van der Waals surface area contributed by atoms with Gasteiger partial charge in [0, 0.05) is 9.77 Å². The van der Waals surface area contributed by atoms with Crippen LogP contribution in [0.5, 0.6) is 0 Å². The molecule has 0 aliphatic carbocycles. The van der Waals surface area contributed by atoms with Gasteiger partial charge < -0.3 is 5.73 Å². The van der Waals surface area contributed by atoms with Crippen molar-refractivity contribution in [3.05, 3.63) is 52.7 Å². The Morgan fingerprint density at radius 2 is 2.00 bits per heavy atom. The molecule has 1 aromatic carbocycles. The third-order valence-electron chi connectivity index (χ3n) is 2.57. The van der Waals surface area contributed by atoms with Crippen LogP contribution in [0, 0.1) is 0 Å². The number of primary amides is 1. The van der Waals surface area contributed by atoms with E-state index in [1.165, 1.54) is 4.88 Å². The van der Waals surface area contributed by atoms with Gasteiger partial charge in [0.25, 0.3) is 0 Å². The highest BCUT2D eigenvalue weighted by Crippen LogP contribution is 2.26. The second-order valence-corrected chi connectivity index (χ2v) is 6.25. The number of thiophene rings is 1. The smallest absolute Gasteiger partial charge is 0.230 e. The molecule has 1 heterocycles. The summed E-state index contributed by atoms with van der Waals surface area (Å²) < 4.78 is 0. The zero-order valence-electron chi connectivity index (χ0n) is 9.91. The molecule has 0 aliphatic heterocycles. The van der Waals surface area contributed by atoms with Crippen molar-refractivity contribution in [2.45, 2.75) is 23.0 Å². The van der Waals surface area contributed by atoms with Crippen molar-refractivity contribution in [3.8, 4) is 0 Å². The minimum Gasteiger partial charge on any atom is -0.369 e. The maximum atomic E-state index is 11.5. The maximum absolute atomic E-state index is 11.5. The first-order valence-corrected chi connectivity index (χ1v) is 7.55. The number of hydrogen-bond donors (Lipinski definition) is 1. The van der Waals surface area contributed by atoms with Crippen LogP contribution >= 0.6 is 23.1 Å². The van der Waals surface area contributed by atoms with E-state index in [1.807, 2.05) is 36.4 Å². The fourth-order valence-corrected chi connectivity index (χ4v) is 3.37. The lowest BCUT2D eigenvalue weighted by Gasteiger charge is -2.12. The summed E-state index contributed by atoms with van der Waals surface area (Å²) in [6.45, 7) is 0. The highest BCUT2D eigenvalue weighted by Gasteiger charge is 2.16. The number of amides is 1. The Balaban J connectivity index is 1.94. The summed E-state index contributed by atoms with van der Waals surface area (Å²) in [6.07, 6.45) is 1.69. The largest absolute Gasteiger partial charge is 0.369 e. The molecule has 1 atom stereocenters. The van der Waals surface area contributed by atoms with E-state index in [0.717, 1.165) is 17.7 Å². The van der Waals surface area contributed by atoms with Crippen LogP contribution in [0.4, 0.5) is 0 Å². The van der Waals surface area contributed by atoms with Gasteiger partial charge in [0.2, 0.25) is 5.91 Å². The van der Waals surface area contributed by atoms with Crippen molar-refractivity contribution < 1.29 is 4.79 Å². The first-order valence-electron chi connectivity index (χ1n) is 5.79. The lowest BCUT2D eigenvalue weighted by Crippen LogP contribution is -2.26. The molecule has 2 aromatic rings. The number of thioether (sulfide) groups is 1. The molecular formula is C14H15NOS2. The molecule has 0 bridgehead atoms. The monoisotopic (exact) mass is 277 g/mol. The fraction of sp³-hybridized carbons (Fsp3) is 0.214. The summed E-state index contributed by atoms with van der Waals surface area (Å²) >= 11 is 3.27. The second kappa shape index (κ2) is 6.61. The van der Waals surface area contributed by atoms with Gasteiger partial charge in [-0.2, -0.15) is 0 Å². The quantitative estimate of drug-likeness (QED) is 0.823. The highest BCUT2D eigenvalue weighted by atomic mass is 32.2. The predicted octanol–water partition coefficient (Wildman–Crippen LogP) is 3.33. The molecule has 0 aliphatic rings. The Bertz CT molecular complexity index is 482. The van der Waals surface area contributed by atoms with Gasteiger partial charge in [-0.05, 0) is 36.4 Å². The van der Waals surface area contributed by atoms with E-state index in [9.17, 15) is 4.79 Å². The Labute approximate surface area is 115 Å². The molecule has 2 nitrogen and oxygen atoms in total. The molecule has 94 valence electrons. The van der Waals surface area contributed by atoms with Crippen molar-refractivity contribution in [3.63, 3.8) is 0 Å². The van der Waals surface area contributed by atoms with Crippen LogP contribution in [-0.2, 0) is 11.2 Å². The van der Waals surface area contributed by atoms with Crippen LogP contribution < -0.4 is 5.73 Å². The van der Waals surface area contributed by atoms with E-state index in [0.29, 0.717) is 0 Å². The summed E-state index contributed by atoms with van der Waals surface area (Å²) in [6, 6.07) is 14.0. The fourth-order valence-electron chi connectivity index (χ4n) is 1.65. The number of aryl methyl sites for hydroxylation is 1. The predicted molar refractivity (Wildman–Crippen MR) is 77.9 cm³/mol. The molecule has 0 fully saturated rings. The number of rotatable bonds is 6. The lowest BCUT2D eigenvalue weighted by atomic mass is 10.2. The summed E-state index contributed by atoms with van der Waals surface area (Å²) in [7, 11) is 0. The SMILES string of the molecule is NC(=O)C(CCc1cccs1)Sc1ccccc1. The average Bonchev–Trinajstić information content (AvgIpc) is 2.88. The van der Waals surface area contributed by atoms with Gasteiger partial charge in [-0.1, -0.05) is 24.3 Å². The van der Waals surface area contributed by atoms with E-state index in [2.05, 4.69) is 11.4 Å².